The molecule has 2 amide bonds. The fourth-order valence-corrected chi connectivity index (χ4v) is 3.42. The van der Waals surface area contributed by atoms with E-state index in [4.69, 9.17) is 5.11 Å². The van der Waals surface area contributed by atoms with E-state index in [0.29, 0.717) is 24.9 Å². The SMILES string of the molecule is CC[C@H](NC(=O)N1CCC2C(CCCN2C)C1)C(=O)O. The highest BCUT2D eigenvalue weighted by Crippen LogP contribution is 2.29. The summed E-state index contributed by atoms with van der Waals surface area (Å²) in [4.78, 5) is 27.3. The molecule has 2 rings (SSSR count). The van der Waals surface area contributed by atoms with Gasteiger partial charge in [-0.15, -0.1) is 0 Å². The Morgan fingerprint density at radius 2 is 2.10 bits per heavy atom. The highest BCUT2D eigenvalue weighted by atomic mass is 16.4. The molecule has 2 aliphatic heterocycles. The van der Waals surface area contributed by atoms with E-state index in [-0.39, 0.29) is 6.03 Å². The van der Waals surface area contributed by atoms with Gasteiger partial charge in [-0.3, -0.25) is 0 Å². The van der Waals surface area contributed by atoms with Gasteiger partial charge in [0.05, 0.1) is 0 Å². The third kappa shape index (κ3) is 3.23. The lowest BCUT2D eigenvalue weighted by molar-refractivity contribution is -0.139. The van der Waals surface area contributed by atoms with Crippen LogP contribution in [0.1, 0.15) is 32.6 Å². The maximum atomic E-state index is 12.2. The van der Waals surface area contributed by atoms with Gasteiger partial charge in [0, 0.05) is 19.1 Å². The number of nitrogens with zero attached hydrogens (tertiary/aromatic N) is 2. The van der Waals surface area contributed by atoms with Crippen LogP contribution in [0.3, 0.4) is 0 Å². The summed E-state index contributed by atoms with van der Waals surface area (Å²) in [6, 6.07) is -0.436. The van der Waals surface area contributed by atoms with E-state index < -0.39 is 12.0 Å². The molecule has 2 aliphatic rings. The van der Waals surface area contributed by atoms with Crippen LogP contribution in [0.15, 0.2) is 0 Å². The second kappa shape index (κ2) is 6.43. The number of hydrogen-bond acceptors (Lipinski definition) is 3. The number of piperidine rings is 2. The summed E-state index contributed by atoms with van der Waals surface area (Å²) in [5.74, 6) is -0.439. The van der Waals surface area contributed by atoms with Crippen LogP contribution >= 0.6 is 0 Å². The number of rotatable bonds is 3. The molecule has 20 heavy (non-hydrogen) atoms. The molecule has 0 spiro atoms. The summed E-state index contributed by atoms with van der Waals surface area (Å²) in [7, 11) is 2.16. The normalized spacial score (nSPS) is 28.6. The summed E-state index contributed by atoms with van der Waals surface area (Å²) in [5.41, 5.74) is 0. The van der Waals surface area contributed by atoms with E-state index in [1.54, 1.807) is 11.8 Å². The minimum Gasteiger partial charge on any atom is -0.480 e. The number of carbonyl (C=O) groups is 2. The summed E-state index contributed by atoms with van der Waals surface area (Å²) >= 11 is 0. The van der Waals surface area contributed by atoms with Crippen molar-refractivity contribution in [1.82, 2.24) is 15.1 Å². The van der Waals surface area contributed by atoms with Crippen molar-refractivity contribution in [2.45, 2.75) is 44.7 Å². The van der Waals surface area contributed by atoms with Gasteiger partial charge >= 0.3 is 12.0 Å². The van der Waals surface area contributed by atoms with Gasteiger partial charge in [0.15, 0.2) is 0 Å². The maximum absolute atomic E-state index is 12.2. The first-order valence-corrected chi connectivity index (χ1v) is 7.51. The second-order valence-electron chi connectivity index (χ2n) is 5.93. The van der Waals surface area contributed by atoms with Crippen molar-refractivity contribution in [1.29, 1.82) is 0 Å². The van der Waals surface area contributed by atoms with Crippen LogP contribution in [-0.4, -0.2) is 65.7 Å². The first-order chi connectivity index (χ1) is 9.52. The van der Waals surface area contributed by atoms with Gasteiger partial charge < -0.3 is 20.2 Å². The number of likely N-dealkylation sites (tertiary alicyclic amines) is 2. The van der Waals surface area contributed by atoms with Crippen molar-refractivity contribution in [2.24, 2.45) is 5.92 Å². The Bertz CT molecular complexity index is 375. The predicted octanol–water partition coefficient (Wildman–Crippen LogP) is 0.975. The van der Waals surface area contributed by atoms with Gasteiger partial charge in [-0.1, -0.05) is 6.92 Å². The molecule has 0 radical (unpaired) electrons. The zero-order valence-electron chi connectivity index (χ0n) is 12.3. The van der Waals surface area contributed by atoms with Gasteiger partial charge in [-0.2, -0.15) is 0 Å². The number of carboxylic acid groups (broad SMARTS) is 1. The molecule has 6 nitrogen and oxygen atoms in total. The van der Waals surface area contributed by atoms with E-state index in [2.05, 4.69) is 17.3 Å². The van der Waals surface area contributed by atoms with Crippen LogP contribution in [0.2, 0.25) is 0 Å². The number of fused-ring (bicyclic) bond motifs is 1. The van der Waals surface area contributed by atoms with E-state index in [1.807, 2.05) is 0 Å². The Labute approximate surface area is 120 Å². The zero-order valence-corrected chi connectivity index (χ0v) is 12.3. The first kappa shape index (κ1) is 15.1. The largest absolute Gasteiger partial charge is 0.480 e. The Hall–Kier alpha value is -1.30. The smallest absolute Gasteiger partial charge is 0.326 e. The monoisotopic (exact) mass is 283 g/mol. The molecule has 0 bridgehead atoms. The fraction of sp³-hybridized carbons (Fsp3) is 0.857. The van der Waals surface area contributed by atoms with Crippen LogP contribution in [0.5, 0.6) is 0 Å². The number of hydrogen-bond donors (Lipinski definition) is 2. The molecule has 2 fully saturated rings. The Morgan fingerprint density at radius 1 is 1.35 bits per heavy atom. The second-order valence-corrected chi connectivity index (χ2v) is 5.93. The molecule has 0 aromatic carbocycles. The number of aliphatic carboxylic acids is 1. The van der Waals surface area contributed by atoms with Gasteiger partial charge in [0.2, 0.25) is 0 Å². The molecular weight excluding hydrogens is 258 g/mol. The van der Waals surface area contributed by atoms with Crippen molar-refractivity contribution >= 4 is 12.0 Å². The number of nitrogens with one attached hydrogen (secondary N) is 1. The van der Waals surface area contributed by atoms with E-state index in [0.717, 1.165) is 25.9 Å². The van der Waals surface area contributed by atoms with Crippen molar-refractivity contribution in [3.8, 4) is 0 Å². The molecular formula is C14H25N3O3. The number of amides is 2. The standard InChI is InChI=1S/C14H25N3O3/c1-3-11(13(18)19)15-14(20)17-8-6-12-10(9-17)5-4-7-16(12)2/h10-12H,3-9H2,1-2H3,(H,15,20)(H,18,19)/t10?,11-,12?/m0/s1. The third-order valence-electron chi connectivity index (χ3n) is 4.64. The molecule has 2 N–H and O–H groups in total. The number of urea groups is 1. The Morgan fingerprint density at radius 3 is 2.75 bits per heavy atom. The van der Waals surface area contributed by atoms with Crippen molar-refractivity contribution in [3.05, 3.63) is 0 Å². The van der Waals surface area contributed by atoms with E-state index >= 15 is 0 Å². The highest BCUT2D eigenvalue weighted by molar-refractivity contribution is 5.82. The van der Waals surface area contributed by atoms with Gasteiger partial charge in [-0.25, -0.2) is 9.59 Å². The van der Waals surface area contributed by atoms with Crippen LogP contribution in [-0.2, 0) is 4.79 Å². The lowest BCUT2D eigenvalue weighted by Gasteiger charge is -2.46. The lowest BCUT2D eigenvalue weighted by atomic mass is 9.84. The molecule has 2 unspecified atom stereocenters. The fourth-order valence-electron chi connectivity index (χ4n) is 3.42. The molecule has 0 aromatic rings. The molecule has 3 atom stereocenters. The minimum absolute atomic E-state index is 0.231. The van der Waals surface area contributed by atoms with Gasteiger partial charge in [0.1, 0.15) is 6.04 Å². The molecule has 0 aromatic heterocycles. The van der Waals surface area contributed by atoms with Crippen LogP contribution in [0.25, 0.3) is 0 Å². The average Bonchev–Trinajstić information content (AvgIpc) is 2.44. The Balaban J connectivity index is 1.91. The molecule has 2 heterocycles. The van der Waals surface area contributed by atoms with Crippen molar-refractivity contribution in [3.63, 3.8) is 0 Å². The van der Waals surface area contributed by atoms with E-state index in [1.165, 1.54) is 6.42 Å². The van der Waals surface area contributed by atoms with Crippen LogP contribution in [0.4, 0.5) is 4.79 Å². The number of carbonyl (C=O) groups excluding carboxylic acids is 1. The number of carboxylic acids is 1. The first-order valence-electron chi connectivity index (χ1n) is 7.51. The highest BCUT2D eigenvalue weighted by Gasteiger charge is 2.36. The third-order valence-corrected chi connectivity index (χ3v) is 4.64. The molecule has 2 saturated heterocycles. The summed E-state index contributed by atoms with van der Waals surface area (Å²) in [5, 5.41) is 11.6. The minimum atomic E-state index is -0.965. The molecule has 6 heteroatoms. The van der Waals surface area contributed by atoms with E-state index in [9.17, 15) is 9.59 Å². The molecule has 0 aliphatic carbocycles. The topological polar surface area (TPSA) is 72.9 Å². The summed E-state index contributed by atoms with van der Waals surface area (Å²) in [6.07, 6.45) is 3.73. The zero-order chi connectivity index (χ0) is 14.7. The predicted molar refractivity (Wildman–Crippen MR) is 75.6 cm³/mol. The van der Waals surface area contributed by atoms with Gasteiger partial charge in [-0.05, 0) is 45.2 Å². The summed E-state index contributed by atoms with van der Waals surface area (Å²) in [6.45, 7) is 4.37. The lowest BCUT2D eigenvalue weighted by Crippen LogP contribution is -2.57. The van der Waals surface area contributed by atoms with Gasteiger partial charge in [0.25, 0.3) is 0 Å². The quantitative estimate of drug-likeness (QED) is 0.809. The van der Waals surface area contributed by atoms with Crippen molar-refractivity contribution < 1.29 is 14.7 Å². The molecule has 114 valence electrons. The Kier molecular flexibility index (Phi) is 4.86. The molecule has 0 saturated carbocycles. The average molecular weight is 283 g/mol. The summed E-state index contributed by atoms with van der Waals surface area (Å²) < 4.78 is 0. The van der Waals surface area contributed by atoms with Crippen molar-refractivity contribution in [2.75, 3.05) is 26.7 Å². The van der Waals surface area contributed by atoms with Crippen LogP contribution in [0, 0.1) is 5.92 Å². The van der Waals surface area contributed by atoms with Crippen LogP contribution < -0.4 is 5.32 Å². The maximum Gasteiger partial charge on any atom is 0.326 e.